The summed E-state index contributed by atoms with van der Waals surface area (Å²) >= 11 is 0. The fourth-order valence-corrected chi connectivity index (χ4v) is 2.12. The first-order valence-corrected chi connectivity index (χ1v) is 6.78. The molecule has 1 unspecified atom stereocenters. The zero-order valence-corrected chi connectivity index (χ0v) is 12.1. The molecular weight excluding hydrogens is 238 g/mol. The van der Waals surface area contributed by atoms with E-state index in [2.05, 4.69) is 24.4 Å². The van der Waals surface area contributed by atoms with Gasteiger partial charge in [0.2, 0.25) is 5.91 Å². The Balaban J connectivity index is 2.46. The maximum Gasteiger partial charge on any atom is 0.234 e. The van der Waals surface area contributed by atoms with Crippen molar-refractivity contribution >= 4 is 5.91 Å². The predicted molar refractivity (Wildman–Crippen MR) is 78.9 cm³/mol. The lowest BCUT2D eigenvalue weighted by Crippen LogP contribution is -2.37. The van der Waals surface area contributed by atoms with Crippen molar-refractivity contribution in [1.29, 1.82) is 0 Å². The lowest BCUT2D eigenvalue weighted by Gasteiger charge is -2.20. The van der Waals surface area contributed by atoms with E-state index in [1.165, 1.54) is 11.1 Å². The molecule has 19 heavy (non-hydrogen) atoms. The van der Waals surface area contributed by atoms with Gasteiger partial charge in [-0.1, -0.05) is 24.3 Å². The second-order valence-electron chi connectivity index (χ2n) is 5.03. The highest BCUT2D eigenvalue weighted by atomic mass is 16.2. The van der Waals surface area contributed by atoms with E-state index in [-0.39, 0.29) is 11.9 Å². The molecule has 0 aliphatic heterocycles. The van der Waals surface area contributed by atoms with E-state index in [0.717, 1.165) is 13.0 Å². The molecule has 4 nitrogen and oxygen atoms in total. The molecule has 0 aliphatic carbocycles. The standard InChI is InChI=1S/C15H25N3O/c1-12-7-4-5-8-14(12)13(2)17-15(19)11-18(3)10-6-9-16/h4-5,7-8,13H,6,9-11,16H2,1-3H3,(H,17,19). The Kier molecular flexibility index (Phi) is 6.53. The second kappa shape index (κ2) is 7.92. The van der Waals surface area contributed by atoms with Crippen molar-refractivity contribution in [3.8, 4) is 0 Å². The molecular formula is C15H25N3O. The highest BCUT2D eigenvalue weighted by molar-refractivity contribution is 5.78. The van der Waals surface area contributed by atoms with Crippen LogP contribution in [0.3, 0.4) is 0 Å². The van der Waals surface area contributed by atoms with Crippen LogP contribution in [-0.2, 0) is 4.79 Å². The summed E-state index contributed by atoms with van der Waals surface area (Å²) in [5.74, 6) is 0.0512. The second-order valence-corrected chi connectivity index (χ2v) is 5.03. The predicted octanol–water partition coefficient (Wildman–Crippen LogP) is 1.45. The van der Waals surface area contributed by atoms with Crippen molar-refractivity contribution in [3.63, 3.8) is 0 Å². The van der Waals surface area contributed by atoms with E-state index in [1.807, 2.05) is 31.0 Å². The Hall–Kier alpha value is -1.39. The van der Waals surface area contributed by atoms with Gasteiger partial charge in [0.25, 0.3) is 0 Å². The number of hydrogen-bond donors (Lipinski definition) is 2. The molecule has 0 fully saturated rings. The number of benzene rings is 1. The van der Waals surface area contributed by atoms with E-state index >= 15 is 0 Å². The van der Waals surface area contributed by atoms with Gasteiger partial charge >= 0.3 is 0 Å². The highest BCUT2D eigenvalue weighted by Crippen LogP contribution is 2.16. The van der Waals surface area contributed by atoms with E-state index in [1.54, 1.807) is 0 Å². The van der Waals surface area contributed by atoms with Crippen molar-refractivity contribution in [1.82, 2.24) is 10.2 Å². The first-order chi connectivity index (χ1) is 9.04. The minimum absolute atomic E-state index is 0.0385. The molecule has 0 spiro atoms. The third kappa shape index (κ3) is 5.41. The molecule has 106 valence electrons. The molecule has 1 aromatic carbocycles. The largest absolute Gasteiger partial charge is 0.348 e. The summed E-state index contributed by atoms with van der Waals surface area (Å²) in [5.41, 5.74) is 7.82. The Bertz CT molecular complexity index is 406. The molecule has 0 saturated carbocycles. The van der Waals surface area contributed by atoms with E-state index in [9.17, 15) is 4.79 Å². The van der Waals surface area contributed by atoms with Gasteiger partial charge in [-0.05, 0) is 51.5 Å². The number of amides is 1. The van der Waals surface area contributed by atoms with Crippen molar-refractivity contribution in [2.24, 2.45) is 5.73 Å². The molecule has 0 aliphatic rings. The van der Waals surface area contributed by atoms with Crippen LogP contribution < -0.4 is 11.1 Å². The van der Waals surface area contributed by atoms with Crippen LogP contribution in [-0.4, -0.2) is 37.5 Å². The summed E-state index contributed by atoms with van der Waals surface area (Å²) in [5, 5.41) is 3.03. The molecule has 1 aromatic rings. The zero-order valence-electron chi connectivity index (χ0n) is 12.1. The van der Waals surface area contributed by atoms with Gasteiger partial charge in [0, 0.05) is 0 Å². The van der Waals surface area contributed by atoms with E-state index < -0.39 is 0 Å². The molecule has 1 atom stereocenters. The molecule has 1 rings (SSSR count). The van der Waals surface area contributed by atoms with Crippen molar-refractivity contribution in [2.75, 3.05) is 26.7 Å². The van der Waals surface area contributed by atoms with Crippen LogP contribution in [0.2, 0.25) is 0 Å². The minimum atomic E-state index is 0.0385. The Labute approximate surface area is 116 Å². The lowest BCUT2D eigenvalue weighted by atomic mass is 10.0. The highest BCUT2D eigenvalue weighted by Gasteiger charge is 2.12. The molecule has 0 heterocycles. The van der Waals surface area contributed by atoms with Gasteiger partial charge < -0.3 is 11.1 Å². The fraction of sp³-hybridized carbons (Fsp3) is 0.533. The van der Waals surface area contributed by atoms with Gasteiger partial charge in [-0.25, -0.2) is 0 Å². The first kappa shape index (κ1) is 15.7. The van der Waals surface area contributed by atoms with E-state index in [4.69, 9.17) is 5.73 Å². The Morgan fingerprint density at radius 3 is 2.74 bits per heavy atom. The summed E-state index contributed by atoms with van der Waals surface area (Å²) < 4.78 is 0. The van der Waals surface area contributed by atoms with Gasteiger partial charge in [0.1, 0.15) is 0 Å². The van der Waals surface area contributed by atoms with Crippen molar-refractivity contribution < 1.29 is 4.79 Å². The van der Waals surface area contributed by atoms with E-state index in [0.29, 0.717) is 13.1 Å². The number of carbonyl (C=O) groups is 1. The van der Waals surface area contributed by atoms with Gasteiger partial charge in [-0.3, -0.25) is 9.69 Å². The molecule has 0 radical (unpaired) electrons. The number of nitrogens with two attached hydrogens (primary N) is 1. The average Bonchev–Trinajstić information content (AvgIpc) is 2.36. The number of nitrogens with one attached hydrogen (secondary N) is 1. The monoisotopic (exact) mass is 263 g/mol. The number of rotatable bonds is 7. The summed E-state index contributed by atoms with van der Waals surface area (Å²) in [7, 11) is 1.94. The number of likely N-dealkylation sites (N-methyl/N-ethyl adjacent to an activating group) is 1. The van der Waals surface area contributed by atoms with Crippen LogP contribution in [0.25, 0.3) is 0 Å². The van der Waals surface area contributed by atoms with Gasteiger partial charge in [0.15, 0.2) is 0 Å². The molecule has 3 N–H and O–H groups in total. The van der Waals surface area contributed by atoms with Crippen LogP contribution in [0.15, 0.2) is 24.3 Å². The van der Waals surface area contributed by atoms with Crippen LogP contribution in [0, 0.1) is 6.92 Å². The molecule has 0 aromatic heterocycles. The van der Waals surface area contributed by atoms with Gasteiger partial charge in [-0.2, -0.15) is 0 Å². The molecule has 0 bridgehead atoms. The smallest absolute Gasteiger partial charge is 0.234 e. The average molecular weight is 263 g/mol. The van der Waals surface area contributed by atoms with Crippen LogP contribution in [0.1, 0.15) is 30.5 Å². The number of aryl methyl sites for hydroxylation is 1. The van der Waals surface area contributed by atoms with Crippen LogP contribution in [0.5, 0.6) is 0 Å². The molecule has 4 heteroatoms. The maximum atomic E-state index is 11.9. The minimum Gasteiger partial charge on any atom is -0.348 e. The topological polar surface area (TPSA) is 58.4 Å². The quantitative estimate of drug-likeness (QED) is 0.783. The van der Waals surface area contributed by atoms with Crippen LogP contribution in [0.4, 0.5) is 0 Å². The number of carbonyl (C=O) groups excluding carboxylic acids is 1. The SMILES string of the molecule is Cc1ccccc1C(C)NC(=O)CN(C)CCCN. The summed E-state index contributed by atoms with van der Waals surface area (Å²) in [6, 6.07) is 8.16. The zero-order chi connectivity index (χ0) is 14.3. The van der Waals surface area contributed by atoms with Crippen molar-refractivity contribution in [3.05, 3.63) is 35.4 Å². The summed E-state index contributed by atoms with van der Waals surface area (Å²) in [4.78, 5) is 13.9. The lowest BCUT2D eigenvalue weighted by molar-refractivity contribution is -0.122. The normalized spacial score (nSPS) is 12.5. The summed E-state index contributed by atoms with van der Waals surface area (Å²) in [6.07, 6.45) is 0.914. The summed E-state index contributed by atoms with van der Waals surface area (Å²) in [6.45, 7) is 6.00. The maximum absolute atomic E-state index is 11.9. The Morgan fingerprint density at radius 2 is 2.11 bits per heavy atom. The Morgan fingerprint density at radius 1 is 1.42 bits per heavy atom. The fourth-order valence-electron chi connectivity index (χ4n) is 2.12. The third-order valence-corrected chi connectivity index (χ3v) is 3.19. The van der Waals surface area contributed by atoms with Crippen molar-refractivity contribution in [2.45, 2.75) is 26.3 Å². The van der Waals surface area contributed by atoms with Gasteiger partial charge in [0.05, 0.1) is 12.6 Å². The first-order valence-electron chi connectivity index (χ1n) is 6.78. The molecule has 1 amide bonds. The van der Waals surface area contributed by atoms with Gasteiger partial charge in [-0.15, -0.1) is 0 Å². The number of hydrogen-bond acceptors (Lipinski definition) is 3. The van der Waals surface area contributed by atoms with Crippen LogP contribution >= 0.6 is 0 Å². The number of nitrogens with zero attached hydrogens (tertiary/aromatic N) is 1. The molecule has 0 saturated heterocycles. The third-order valence-electron chi connectivity index (χ3n) is 3.19.